The number of hydrogen-bond acceptors (Lipinski definition) is 5. The van der Waals surface area contributed by atoms with Crippen molar-refractivity contribution >= 4 is 5.97 Å². The number of hydrogen-bond donors (Lipinski definition) is 1. The number of aliphatic hydroxyl groups is 1. The Hall–Kier alpha value is -0.650. The molecule has 2 unspecified atom stereocenters. The molecule has 0 aliphatic heterocycles. The molecule has 0 heterocycles. The highest BCUT2D eigenvalue weighted by atomic mass is 16.5. The Kier molecular flexibility index (Phi) is 43.5. The van der Waals surface area contributed by atoms with Gasteiger partial charge in [-0.15, -0.1) is 0 Å². The Balaban J connectivity index is 4.45. The molecule has 0 aromatic carbocycles. The lowest BCUT2D eigenvalue weighted by atomic mass is 9.94. The van der Waals surface area contributed by atoms with Gasteiger partial charge in [0.2, 0.25) is 0 Å². The van der Waals surface area contributed by atoms with Gasteiger partial charge >= 0.3 is 5.97 Å². The third kappa shape index (κ3) is 38.0. The van der Waals surface area contributed by atoms with Gasteiger partial charge in [0.15, 0.2) is 0 Å². The number of esters is 1. The molecule has 0 rings (SSSR count). The summed E-state index contributed by atoms with van der Waals surface area (Å²) < 4.78 is 12.3. The van der Waals surface area contributed by atoms with Gasteiger partial charge in [0, 0.05) is 13.2 Å². The van der Waals surface area contributed by atoms with Crippen molar-refractivity contribution in [1.29, 1.82) is 0 Å². The van der Waals surface area contributed by atoms with E-state index in [0.29, 0.717) is 19.3 Å². The zero-order valence-corrected chi connectivity index (χ0v) is 36.8. The van der Waals surface area contributed by atoms with Crippen LogP contribution < -0.4 is 0 Å². The maximum absolute atomic E-state index is 13.0. The van der Waals surface area contributed by atoms with Crippen molar-refractivity contribution in [2.24, 2.45) is 5.92 Å². The molecule has 0 bridgehead atoms. The molecule has 0 aromatic heterocycles. The van der Waals surface area contributed by atoms with E-state index in [-0.39, 0.29) is 11.9 Å². The first-order valence-electron chi connectivity index (χ1n) is 24.2. The molecule has 5 nitrogen and oxygen atoms in total. The molecule has 0 aliphatic carbocycles. The fraction of sp³-hybridized carbons (Fsp3) is 0.979. The minimum atomic E-state index is 0.0724. The molecule has 0 saturated carbocycles. The molecular formula is C48H97NO4. The van der Waals surface area contributed by atoms with E-state index >= 15 is 0 Å². The summed E-state index contributed by atoms with van der Waals surface area (Å²) in [6.07, 6.45) is 44.0. The summed E-state index contributed by atoms with van der Waals surface area (Å²) in [5, 5.41) is 9.37. The summed E-state index contributed by atoms with van der Waals surface area (Å²) in [5.74, 6) is 0.178. The number of ether oxygens (including phenoxy) is 2. The van der Waals surface area contributed by atoms with Crippen LogP contribution in [0.25, 0.3) is 0 Å². The van der Waals surface area contributed by atoms with Gasteiger partial charge in [0.1, 0.15) is 0 Å². The topological polar surface area (TPSA) is 59.0 Å². The summed E-state index contributed by atoms with van der Waals surface area (Å²) in [5.41, 5.74) is 0. The molecule has 53 heavy (non-hydrogen) atoms. The van der Waals surface area contributed by atoms with E-state index in [2.05, 4.69) is 32.6 Å². The molecule has 0 saturated heterocycles. The van der Waals surface area contributed by atoms with Gasteiger partial charge in [0.05, 0.1) is 18.6 Å². The number of aliphatic hydroxyl groups excluding tert-OH is 1. The second-order valence-corrected chi connectivity index (χ2v) is 16.6. The van der Waals surface area contributed by atoms with Crippen molar-refractivity contribution < 1.29 is 19.4 Å². The van der Waals surface area contributed by atoms with Gasteiger partial charge < -0.3 is 19.5 Å². The molecule has 2 atom stereocenters. The highest BCUT2D eigenvalue weighted by Gasteiger charge is 2.19. The summed E-state index contributed by atoms with van der Waals surface area (Å²) >= 11 is 0. The maximum atomic E-state index is 13.0. The minimum Gasteiger partial charge on any atom is -0.465 e. The van der Waals surface area contributed by atoms with Crippen molar-refractivity contribution in [3.8, 4) is 0 Å². The Bertz CT molecular complexity index is 703. The molecule has 0 fully saturated rings. The molecule has 5 heteroatoms. The van der Waals surface area contributed by atoms with Crippen molar-refractivity contribution in [3.05, 3.63) is 0 Å². The summed E-state index contributed by atoms with van der Waals surface area (Å²) in [6, 6.07) is 0. The first-order valence-corrected chi connectivity index (χ1v) is 24.2. The standard InChI is InChI=1S/C48H97NO4/c1-5-9-13-17-20-27-37-46(36-26-16-12-8-4)48(51)53-45-35-24-22-30-40-49(42-32-33-43-50)41-31-25-29-39-47(38-28-21-18-14-10-6-2)52-44-34-23-19-15-11-7-3/h46-47,50H,5-45H2,1-4H3. The molecule has 0 aliphatic rings. The molecule has 0 amide bonds. The van der Waals surface area contributed by atoms with E-state index < -0.39 is 0 Å². The highest BCUT2D eigenvalue weighted by Crippen LogP contribution is 2.21. The SMILES string of the molecule is CCCCCCCCOC(CCCCCCCC)CCCCCN(CCCCO)CCCCCCOC(=O)C(CCCCCC)CCCCCCCC. The zero-order chi connectivity index (χ0) is 38.7. The van der Waals surface area contributed by atoms with Gasteiger partial charge in [-0.2, -0.15) is 0 Å². The predicted octanol–water partition coefficient (Wildman–Crippen LogP) is 14.6. The Morgan fingerprint density at radius 1 is 0.434 bits per heavy atom. The Morgan fingerprint density at radius 3 is 1.28 bits per heavy atom. The monoisotopic (exact) mass is 752 g/mol. The van der Waals surface area contributed by atoms with E-state index in [1.165, 1.54) is 186 Å². The third-order valence-corrected chi connectivity index (χ3v) is 11.4. The molecule has 0 aromatic rings. The smallest absolute Gasteiger partial charge is 0.308 e. The van der Waals surface area contributed by atoms with Gasteiger partial charge in [-0.05, 0) is 83.8 Å². The average molecular weight is 752 g/mol. The second kappa shape index (κ2) is 44.1. The van der Waals surface area contributed by atoms with Crippen LogP contribution in [-0.2, 0) is 14.3 Å². The van der Waals surface area contributed by atoms with E-state index in [1.54, 1.807) is 0 Å². The lowest BCUT2D eigenvalue weighted by Gasteiger charge is -2.23. The number of rotatable bonds is 45. The van der Waals surface area contributed by atoms with Crippen LogP contribution in [0.3, 0.4) is 0 Å². The fourth-order valence-corrected chi connectivity index (χ4v) is 7.71. The normalized spacial score (nSPS) is 12.9. The fourth-order valence-electron chi connectivity index (χ4n) is 7.71. The van der Waals surface area contributed by atoms with Crippen LogP contribution >= 0.6 is 0 Å². The quantitative estimate of drug-likeness (QED) is 0.0496. The number of unbranched alkanes of at least 4 members (excludes halogenated alkanes) is 24. The van der Waals surface area contributed by atoms with Gasteiger partial charge in [0.25, 0.3) is 0 Å². The average Bonchev–Trinajstić information content (AvgIpc) is 3.16. The third-order valence-electron chi connectivity index (χ3n) is 11.4. The molecular weight excluding hydrogens is 655 g/mol. The first-order chi connectivity index (χ1) is 26.1. The molecule has 1 N–H and O–H groups in total. The molecule has 318 valence electrons. The Morgan fingerprint density at radius 2 is 0.792 bits per heavy atom. The maximum Gasteiger partial charge on any atom is 0.308 e. The van der Waals surface area contributed by atoms with Crippen molar-refractivity contribution in [3.63, 3.8) is 0 Å². The largest absolute Gasteiger partial charge is 0.465 e. The first kappa shape index (κ1) is 52.3. The van der Waals surface area contributed by atoms with Crippen molar-refractivity contribution in [2.45, 2.75) is 259 Å². The van der Waals surface area contributed by atoms with Crippen LogP contribution in [0.15, 0.2) is 0 Å². The number of nitrogens with zero attached hydrogens (tertiary/aromatic N) is 1. The van der Waals surface area contributed by atoms with Crippen LogP contribution in [0.2, 0.25) is 0 Å². The molecule has 0 spiro atoms. The number of carbonyl (C=O) groups is 1. The zero-order valence-electron chi connectivity index (χ0n) is 36.8. The van der Waals surface area contributed by atoms with Crippen LogP contribution in [0.1, 0.15) is 252 Å². The van der Waals surface area contributed by atoms with Gasteiger partial charge in [-0.1, -0.05) is 188 Å². The summed E-state index contributed by atoms with van der Waals surface area (Å²) in [6.45, 7) is 14.3. The van der Waals surface area contributed by atoms with Gasteiger partial charge in [-0.25, -0.2) is 0 Å². The van der Waals surface area contributed by atoms with Gasteiger partial charge in [-0.3, -0.25) is 4.79 Å². The van der Waals surface area contributed by atoms with Crippen molar-refractivity contribution in [1.82, 2.24) is 4.90 Å². The van der Waals surface area contributed by atoms with Crippen LogP contribution in [-0.4, -0.2) is 61.5 Å². The van der Waals surface area contributed by atoms with Crippen LogP contribution in [0.4, 0.5) is 0 Å². The van der Waals surface area contributed by atoms with Crippen LogP contribution in [0.5, 0.6) is 0 Å². The predicted molar refractivity (Wildman–Crippen MR) is 232 cm³/mol. The second-order valence-electron chi connectivity index (χ2n) is 16.6. The van der Waals surface area contributed by atoms with Crippen molar-refractivity contribution in [2.75, 3.05) is 39.5 Å². The lowest BCUT2D eigenvalue weighted by molar-refractivity contribution is -0.149. The van der Waals surface area contributed by atoms with E-state index in [9.17, 15) is 9.90 Å². The number of carbonyl (C=O) groups excluding carboxylic acids is 1. The van der Waals surface area contributed by atoms with E-state index in [4.69, 9.17) is 9.47 Å². The Labute approximate surface area is 333 Å². The minimum absolute atomic E-state index is 0.0724. The molecule has 0 radical (unpaired) electrons. The lowest BCUT2D eigenvalue weighted by Crippen LogP contribution is -2.27. The summed E-state index contributed by atoms with van der Waals surface area (Å²) in [7, 11) is 0. The van der Waals surface area contributed by atoms with Crippen LogP contribution in [0, 0.1) is 5.92 Å². The highest BCUT2D eigenvalue weighted by molar-refractivity contribution is 5.72. The van der Waals surface area contributed by atoms with E-state index in [1.807, 2.05) is 0 Å². The van der Waals surface area contributed by atoms with E-state index in [0.717, 1.165) is 64.6 Å². The summed E-state index contributed by atoms with van der Waals surface area (Å²) in [4.78, 5) is 15.6.